The molecule has 1 aliphatic rings. The van der Waals surface area contributed by atoms with E-state index in [2.05, 4.69) is 119 Å². The van der Waals surface area contributed by atoms with Crippen molar-refractivity contribution in [2.24, 2.45) is 0 Å². The van der Waals surface area contributed by atoms with Crippen LogP contribution in [0.1, 0.15) is 131 Å². The lowest BCUT2D eigenvalue weighted by atomic mass is 9.81. The van der Waals surface area contributed by atoms with Crippen molar-refractivity contribution >= 4 is 18.5 Å². The van der Waals surface area contributed by atoms with E-state index in [1.807, 2.05) is 0 Å². The third kappa shape index (κ3) is 6.35. The van der Waals surface area contributed by atoms with Gasteiger partial charge in [0.2, 0.25) is 0 Å². The number of benzene rings is 2. The van der Waals surface area contributed by atoms with Gasteiger partial charge in [0, 0.05) is 0 Å². The first-order valence-corrected chi connectivity index (χ1v) is 14.9. The molecule has 0 saturated heterocycles. The van der Waals surface area contributed by atoms with Crippen LogP contribution in [0.3, 0.4) is 0 Å². The van der Waals surface area contributed by atoms with Crippen LogP contribution in [0.5, 0.6) is 0 Å². The second-order valence-electron chi connectivity index (χ2n) is 14.8. The highest BCUT2D eigenvalue weighted by molar-refractivity contribution is 7.73. The summed E-state index contributed by atoms with van der Waals surface area (Å²) in [4.78, 5) is 0. The summed E-state index contributed by atoms with van der Waals surface area (Å²) in [6.45, 7) is 28.4. The Morgan fingerprint density at radius 2 is 0.735 bits per heavy atom. The molecular weight excluding hydrogens is 427 g/mol. The van der Waals surface area contributed by atoms with Gasteiger partial charge in [-0.1, -0.05) is 132 Å². The molecule has 2 aromatic rings. The zero-order valence-electron chi connectivity index (χ0n) is 24.3. The molecule has 0 aromatic heterocycles. The Morgan fingerprint density at radius 3 is 0.971 bits per heavy atom. The fourth-order valence-corrected chi connectivity index (χ4v) is 8.10. The van der Waals surface area contributed by atoms with E-state index in [1.54, 1.807) is 10.6 Å². The van der Waals surface area contributed by atoms with Gasteiger partial charge in [0.1, 0.15) is 0 Å². The van der Waals surface area contributed by atoms with Gasteiger partial charge in [0.15, 0.2) is 0 Å². The molecule has 0 bridgehead atoms. The predicted molar refractivity (Wildman–Crippen MR) is 156 cm³/mol. The van der Waals surface area contributed by atoms with E-state index in [-0.39, 0.29) is 21.7 Å². The van der Waals surface area contributed by atoms with Gasteiger partial charge in [0.05, 0.1) is 0 Å². The molecule has 1 heteroatoms. The molecule has 2 aromatic carbocycles. The van der Waals surface area contributed by atoms with Crippen molar-refractivity contribution in [3.8, 4) is 0 Å². The van der Waals surface area contributed by atoms with Crippen LogP contribution < -0.4 is 10.6 Å². The number of hydrogen-bond acceptors (Lipinski definition) is 0. The lowest BCUT2D eigenvalue weighted by Gasteiger charge is -2.33. The Balaban J connectivity index is 2.32. The van der Waals surface area contributed by atoms with Crippen molar-refractivity contribution in [2.75, 3.05) is 0 Å². The summed E-state index contributed by atoms with van der Waals surface area (Å²) in [5, 5.41) is 3.20. The third-order valence-electron chi connectivity index (χ3n) is 7.55. The van der Waals surface area contributed by atoms with Gasteiger partial charge >= 0.3 is 0 Å². The van der Waals surface area contributed by atoms with E-state index in [9.17, 15) is 0 Å². The molecule has 0 spiro atoms. The molecule has 0 N–H and O–H groups in total. The van der Waals surface area contributed by atoms with Crippen LogP contribution in [0.4, 0.5) is 0 Å². The van der Waals surface area contributed by atoms with E-state index >= 15 is 0 Å². The van der Waals surface area contributed by atoms with Crippen LogP contribution >= 0.6 is 7.92 Å². The molecule has 3 rings (SSSR count). The Morgan fingerprint density at radius 1 is 0.471 bits per heavy atom. The van der Waals surface area contributed by atoms with E-state index in [0.717, 1.165) is 5.66 Å². The van der Waals surface area contributed by atoms with Gasteiger partial charge in [-0.2, -0.15) is 0 Å². The first-order valence-electron chi connectivity index (χ1n) is 13.5. The summed E-state index contributed by atoms with van der Waals surface area (Å²) in [7, 11) is -0.405. The minimum atomic E-state index is -0.405. The smallest absolute Gasteiger partial charge is 0.0129 e. The Hall–Kier alpha value is -1.13. The third-order valence-corrected chi connectivity index (χ3v) is 10.4. The van der Waals surface area contributed by atoms with Crippen LogP contribution in [0.15, 0.2) is 36.4 Å². The number of hydrogen-bond donors (Lipinski definition) is 0. The van der Waals surface area contributed by atoms with Gasteiger partial charge in [-0.25, -0.2) is 0 Å². The summed E-state index contributed by atoms with van der Waals surface area (Å²) in [5.41, 5.74) is 7.35. The molecule has 0 nitrogen and oxygen atoms in total. The van der Waals surface area contributed by atoms with Crippen molar-refractivity contribution in [1.29, 1.82) is 0 Å². The first kappa shape index (κ1) is 27.5. The molecular formula is C33H51P. The van der Waals surface area contributed by atoms with Crippen LogP contribution in [-0.4, -0.2) is 5.66 Å². The summed E-state index contributed by atoms with van der Waals surface area (Å²) in [6.07, 6.45) is 5.53. The van der Waals surface area contributed by atoms with Gasteiger partial charge in [-0.3, -0.25) is 0 Å². The molecule has 0 radical (unpaired) electrons. The average molecular weight is 479 g/mol. The molecule has 1 aliphatic carbocycles. The minimum Gasteiger partial charge on any atom is -0.0561 e. The second kappa shape index (κ2) is 9.39. The minimum absolute atomic E-state index is 0.149. The maximum absolute atomic E-state index is 2.58. The van der Waals surface area contributed by atoms with Gasteiger partial charge in [0.25, 0.3) is 0 Å². The Bertz CT molecular complexity index is 853. The average Bonchev–Trinajstić information content (AvgIpc) is 3.19. The maximum Gasteiger partial charge on any atom is -0.0129 e. The predicted octanol–water partition coefficient (Wildman–Crippen LogP) is 9.25. The van der Waals surface area contributed by atoms with Gasteiger partial charge < -0.3 is 0 Å². The van der Waals surface area contributed by atoms with Crippen LogP contribution in [0.25, 0.3) is 0 Å². The summed E-state index contributed by atoms with van der Waals surface area (Å²) >= 11 is 0. The van der Waals surface area contributed by atoms with E-state index in [1.165, 1.54) is 47.9 Å². The van der Waals surface area contributed by atoms with E-state index in [0.29, 0.717) is 0 Å². The quantitative estimate of drug-likeness (QED) is 0.386. The molecule has 1 fully saturated rings. The SMILES string of the molecule is CC(C)(C)c1cc(P(c2cc(C(C)(C)C)cc(C(C)(C)C)c2)C2CCCC2)cc(C(C)(C)C)c1. The van der Waals surface area contributed by atoms with E-state index < -0.39 is 7.92 Å². The zero-order chi connectivity index (χ0) is 25.7. The summed E-state index contributed by atoms with van der Waals surface area (Å²) in [6, 6.07) is 15.3. The Kier molecular flexibility index (Phi) is 7.58. The molecule has 0 heterocycles. The highest BCUT2D eigenvalue weighted by Crippen LogP contribution is 2.49. The standard InChI is InChI=1S/C33H51P/c1-30(2,3)23-17-24(31(4,5)6)20-28(19-23)34(27-15-13-14-16-27)29-21-25(32(7,8)9)18-26(22-29)33(10,11)12/h17-22,27H,13-16H2,1-12H3. The maximum atomic E-state index is 2.58. The van der Waals surface area contributed by atoms with Crippen molar-refractivity contribution in [2.45, 2.75) is 136 Å². The molecule has 1 saturated carbocycles. The van der Waals surface area contributed by atoms with Crippen molar-refractivity contribution < 1.29 is 0 Å². The molecule has 34 heavy (non-hydrogen) atoms. The second-order valence-corrected chi connectivity index (χ2v) is 17.3. The van der Waals surface area contributed by atoms with Gasteiger partial charge in [-0.15, -0.1) is 0 Å². The zero-order valence-corrected chi connectivity index (χ0v) is 25.2. The topological polar surface area (TPSA) is 0 Å². The highest BCUT2D eigenvalue weighted by Gasteiger charge is 2.32. The summed E-state index contributed by atoms with van der Waals surface area (Å²) < 4.78 is 0. The fourth-order valence-electron chi connectivity index (χ4n) is 4.97. The molecule has 0 unspecified atom stereocenters. The molecule has 0 aliphatic heterocycles. The van der Waals surface area contributed by atoms with E-state index in [4.69, 9.17) is 0 Å². The summed E-state index contributed by atoms with van der Waals surface area (Å²) in [5.74, 6) is 0. The highest BCUT2D eigenvalue weighted by atomic mass is 31.1. The monoisotopic (exact) mass is 478 g/mol. The lowest BCUT2D eigenvalue weighted by Crippen LogP contribution is -2.27. The number of rotatable bonds is 3. The normalized spacial score (nSPS) is 16.5. The first-order chi connectivity index (χ1) is 15.4. The van der Waals surface area contributed by atoms with Crippen LogP contribution in [0, 0.1) is 0 Å². The molecule has 0 atom stereocenters. The largest absolute Gasteiger partial charge is 0.0561 e. The lowest BCUT2D eigenvalue weighted by molar-refractivity contribution is 0.569. The molecule has 188 valence electrons. The van der Waals surface area contributed by atoms with Crippen LogP contribution in [-0.2, 0) is 21.7 Å². The van der Waals surface area contributed by atoms with Crippen molar-refractivity contribution in [1.82, 2.24) is 0 Å². The van der Waals surface area contributed by atoms with Gasteiger partial charge in [-0.05, 0) is 80.9 Å². The van der Waals surface area contributed by atoms with Crippen molar-refractivity contribution in [3.05, 3.63) is 58.7 Å². The Labute approximate surface area is 213 Å². The van der Waals surface area contributed by atoms with Crippen molar-refractivity contribution in [3.63, 3.8) is 0 Å². The van der Waals surface area contributed by atoms with Crippen LogP contribution in [0.2, 0.25) is 0 Å². The fraction of sp³-hybridized carbons (Fsp3) is 0.636. The molecule has 0 amide bonds.